The van der Waals surface area contributed by atoms with Crippen molar-refractivity contribution in [2.45, 2.75) is 13.0 Å². The van der Waals surface area contributed by atoms with Crippen LogP contribution < -0.4 is 5.32 Å². The van der Waals surface area contributed by atoms with Gasteiger partial charge in [0.15, 0.2) is 0 Å². The maximum atomic E-state index is 5.93. The number of halogens is 2. The molecule has 1 heterocycles. The SMILES string of the molecule is CC(Nc1ccc(Cl)cc1I)c1ccncc1. The molecule has 1 N–H and O–H groups in total. The van der Waals surface area contributed by atoms with Crippen LogP contribution in [0.3, 0.4) is 0 Å². The number of nitrogens with zero attached hydrogens (tertiary/aromatic N) is 1. The molecule has 1 aromatic heterocycles. The van der Waals surface area contributed by atoms with E-state index in [1.165, 1.54) is 5.56 Å². The lowest BCUT2D eigenvalue weighted by Crippen LogP contribution is -2.07. The first-order valence-corrected chi connectivity index (χ1v) is 6.74. The monoisotopic (exact) mass is 358 g/mol. The Balaban J connectivity index is 2.16. The number of aromatic nitrogens is 1. The molecule has 1 unspecified atom stereocenters. The summed E-state index contributed by atoms with van der Waals surface area (Å²) >= 11 is 8.21. The molecule has 0 bridgehead atoms. The molecule has 0 aliphatic heterocycles. The Morgan fingerprint density at radius 3 is 2.59 bits per heavy atom. The third-order valence-corrected chi connectivity index (χ3v) is 3.64. The Morgan fingerprint density at radius 1 is 1.24 bits per heavy atom. The molecule has 0 aliphatic carbocycles. The van der Waals surface area contributed by atoms with E-state index in [9.17, 15) is 0 Å². The summed E-state index contributed by atoms with van der Waals surface area (Å²) in [5.41, 5.74) is 2.31. The molecule has 0 amide bonds. The van der Waals surface area contributed by atoms with Gasteiger partial charge in [0, 0.05) is 32.7 Å². The first kappa shape index (κ1) is 12.6. The number of hydrogen-bond donors (Lipinski definition) is 1. The Bertz CT molecular complexity index is 502. The minimum atomic E-state index is 0.243. The number of nitrogens with one attached hydrogen (secondary N) is 1. The average Bonchev–Trinajstić information content (AvgIpc) is 2.34. The van der Waals surface area contributed by atoms with Crippen LogP contribution in [0.1, 0.15) is 18.5 Å². The van der Waals surface area contributed by atoms with Crippen molar-refractivity contribution in [3.8, 4) is 0 Å². The highest BCUT2D eigenvalue weighted by molar-refractivity contribution is 14.1. The van der Waals surface area contributed by atoms with E-state index in [4.69, 9.17) is 11.6 Å². The van der Waals surface area contributed by atoms with Gasteiger partial charge in [-0.05, 0) is 65.4 Å². The van der Waals surface area contributed by atoms with Crippen molar-refractivity contribution in [1.29, 1.82) is 0 Å². The van der Waals surface area contributed by atoms with E-state index < -0.39 is 0 Å². The summed E-state index contributed by atoms with van der Waals surface area (Å²) in [6.45, 7) is 2.13. The van der Waals surface area contributed by atoms with Crippen molar-refractivity contribution in [2.24, 2.45) is 0 Å². The predicted molar refractivity (Wildman–Crippen MR) is 80.4 cm³/mol. The van der Waals surface area contributed by atoms with Crippen LogP contribution >= 0.6 is 34.2 Å². The molecule has 1 aromatic carbocycles. The highest BCUT2D eigenvalue weighted by Crippen LogP contribution is 2.26. The minimum Gasteiger partial charge on any atom is -0.378 e. The third kappa shape index (κ3) is 3.33. The van der Waals surface area contributed by atoms with Crippen molar-refractivity contribution < 1.29 is 0 Å². The van der Waals surface area contributed by atoms with Crippen molar-refractivity contribution in [3.63, 3.8) is 0 Å². The van der Waals surface area contributed by atoms with Gasteiger partial charge in [0.05, 0.1) is 0 Å². The molecule has 1 atom stereocenters. The predicted octanol–water partition coefficient (Wildman–Crippen LogP) is 4.51. The first-order valence-electron chi connectivity index (χ1n) is 5.28. The molecular weight excluding hydrogens is 347 g/mol. The van der Waals surface area contributed by atoms with E-state index in [1.807, 2.05) is 30.3 Å². The fourth-order valence-electron chi connectivity index (χ4n) is 1.58. The van der Waals surface area contributed by atoms with Crippen LogP contribution in [-0.2, 0) is 0 Å². The standard InChI is InChI=1S/C13H12ClIN2/c1-9(10-4-6-16-7-5-10)17-13-3-2-11(14)8-12(13)15/h2-9,17H,1H3. The van der Waals surface area contributed by atoms with Crippen LogP contribution in [0.2, 0.25) is 5.02 Å². The van der Waals surface area contributed by atoms with E-state index in [0.29, 0.717) is 0 Å². The fraction of sp³-hybridized carbons (Fsp3) is 0.154. The van der Waals surface area contributed by atoms with Gasteiger partial charge in [0.25, 0.3) is 0 Å². The molecule has 0 saturated carbocycles. The van der Waals surface area contributed by atoms with Gasteiger partial charge >= 0.3 is 0 Å². The molecule has 4 heteroatoms. The van der Waals surface area contributed by atoms with Gasteiger partial charge in [-0.15, -0.1) is 0 Å². The van der Waals surface area contributed by atoms with Crippen molar-refractivity contribution >= 4 is 39.9 Å². The lowest BCUT2D eigenvalue weighted by atomic mass is 10.1. The first-order chi connectivity index (χ1) is 8.16. The molecule has 0 aliphatic rings. The maximum absolute atomic E-state index is 5.93. The smallest absolute Gasteiger partial charge is 0.0487 e. The molecule has 2 nitrogen and oxygen atoms in total. The van der Waals surface area contributed by atoms with Crippen LogP contribution in [0.15, 0.2) is 42.7 Å². The molecular formula is C13H12ClIN2. The maximum Gasteiger partial charge on any atom is 0.0487 e. The summed E-state index contributed by atoms with van der Waals surface area (Å²) in [7, 11) is 0. The average molecular weight is 359 g/mol. The number of hydrogen-bond acceptors (Lipinski definition) is 2. The summed E-state index contributed by atoms with van der Waals surface area (Å²) in [5, 5.41) is 4.22. The van der Waals surface area contributed by atoms with Crippen LogP contribution in [0, 0.1) is 3.57 Å². The zero-order chi connectivity index (χ0) is 12.3. The van der Waals surface area contributed by atoms with Gasteiger partial charge in [-0.25, -0.2) is 0 Å². The summed E-state index contributed by atoms with van der Waals surface area (Å²) in [5.74, 6) is 0. The molecule has 0 radical (unpaired) electrons. The molecule has 0 saturated heterocycles. The Kier molecular flexibility index (Phi) is 4.23. The minimum absolute atomic E-state index is 0.243. The van der Waals surface area contributed by atoms with Gasteiger partial charge in [-0.2, -0.15) is 0 Å². The number of anilines is 1. The molecule has 0 fully saturated rings. The second-order valence-corrected chi connectivity index (χ2v) is 5.37. The van der Waals surface area contributed by atoms with Crippen LogP contribution in [0.4, 0.5) is 5.69 Å². The van der Waals surface area contributed by atoms with Gasteiger partial charge < -0.3 is 5.32 Å². The van der Waals surface area contributed by atoms with Gasteiger partial charge in [-0.1, -0.05) is 11.6 Å². The van der Waals surface area contributed by atoms with E-state index in [0.717, 1.165) is 14.3 Å². The summed E-state index contributed by atoms with van der Waals surface area (Å²) < 4.78 is 1.12. The topological polar surface area (TPSA) is 24.9 Å². The van der Waals surface area contributed by atoms with E-state index in [-0.39, 0.29) is 6.04 Å². The van der Waals surface area contributed by atoms with E-state index in [2.05, 4.69) is 39.8 Å². The quantitative estimate of drug-likeness (QED) is 0.817. The lowest BCUT2D eigenvalue weighted by Gasteiger charge is -2.16. The highest BCUT2D eigenvalue weighted by atomic mass is 127. The van der Waals surface area contributed by atoms with Crippen molar-refractivity contribution in [3.05, 3.63) is 56.9 Å². The van der Waals surface area contributed by atoms with Gasteiger partial charge in [-0.3, -0.25) is 4.98 Å². The number of rotatable bonds is 3. The van der Waals surface area contributed by atoms with Crippen molar-refractivity contribution in [2.75, 3.05) is 5.32 Å². The molecule has 17 heavy (non-hydrogen) atoms. The lowest BCUT2D eigenvalue weighted by molar-refractivity contribution is 0.879. The fourth-order valence-corrected chi connectivity index (χ4v) is 2.60. The van der Waals surface area contributed by atoms with Crippen LogP contribution in [-0.4, -0.2) is 4.98 Å². The largest absolute Gasteiger partial charge is 0.378 e. The number of pyridine rings is 1. The molecule has 0 spiro atoms. The van der Waals surface area contributed by atoms with E-state index in [1.54, 1.807) is 12.4 Å². The Labute approximate surface area is 120 Å². The van der Waals surface area contributed by atoms with Crippen LogP contribution in [0.5, 0.6) is 0 Å². The van der Waals surface area contributed by atoms with Crippen LogP contribution in [0.25, 0.3) is 0 Å². The summed E-state index contributed by atoms with van der Waals surface area (Å²) in [6.07, 6.45) is 3.61. The zero-order valence-corrected chi connectivity index (χ0v) is 12.2. The molecule has 2 rings (SSSR count). The second-order valence-electron chi connectivity index (χ2n) is 3.77. The number of benzene rings is 1. The van der Waals surface area contributed by atoms with Gasteiger partial charge in [0.1, 0.15) is 0 Å². The molecule has 2 aromatic rings. The Hall–Kier alpha value is -0.810. The third-order valence-electron chi connectivity index (χ3n) is 2.51. The highest BCUT2D eigenvalue weighted by Gasteiger charge is 2.07. The summed E-state index contributed by atoms with van der Waals surface area (Å²) in [4.78, 5) is 4.02. The summed E-state index contributed by atoms with van der Waals surface area (Å²) in [6, 6.07) is 10.1. The Morgan fingerprint density at radius 2 is 1.94 bits per heavy atom. The van der Waals surface area contributed by atoms with E-state index >= 15 is 0 Å². The second kappa shape index (κ2) is 5.69. The molecule has 88 valence electrons. The zero-order valence-electron chi connectivity index (χ0n) is 9.32. The normalized spacial score (nSPS) is 12.2. The van der Waals surface area contributed by atoms with Crippen molar-refractivity contribution in [1.82, 2.24) is 4.98 Å². The van der Waals surface area contributed by atoms with Gasteiger partial charge in [0.2, 0.25) is 0 Å².